The van der Waals surface area contributed by atoms with Gasteiger partial charge in [0.05, 0.1) is 11.7 Å². The molecular formula is C9H17NO4S. The van der Waals surface area contributed by atoms with Gasteiger partial charge in [0.25, 0.3) is 0 Å². The molecule has 1 saturated carbocycles. The molecule has 1 fully saturated rings. The highest BCUT2D eigenvalue weighted by molar-refractivity contribution is 7.89. The van der Waals surface area contributed by atoms with Gasteiger partial charge in [-0.05, 0) is 26.2 Å². The SMILES string of the molecule is CCS(=O)(=O)NC1CCCC(C(=O)O)C1. The Morgan fingerprint density at radius 3 is 2.67 bits per heavy atom. The molecule has 1 aliphatic rings. The lowest BCUT2D eigenvalue weighted by Crippen LogP contribution is -2.40. The second kappa shape index (κ2) is 4.94. The maximum atomic E-state index is 11.3. The van der Waals surface area contributed by atoms with Gasteiger partial charge in [-0.15, -0.1) is 0 Å². The van der Waals surface area contributed by atoms with Crippen molar-refractivity contribution in [2.24, 2.45) is 5.92 Å². The fourth-order valence-electron chi connectivity index (χ4n) is 1.86. The third kappa shape index (κ3) is 3.79. The highest BCUT2D eigenvalue weighted by Gasteiger charge is 2.28. The molecule has 0 spiro atoms. The van der Waals surface area contributed by atoms with E-state index in [9.17, 15) is 13.2 Å². The molecule has 0 aromatic rings. The van der Waals surface area contributed by atoms with Crippen molar-refractivity contribution < 1.29 is 18.3 Å². The van der Waals surface area contributed by atoms with Crippen LogP contribution in [0.2, 0.25) is 0 Å². The molecular weight excluding hydrogens is 218 g/mol. The maximum absolute atomic E-state index is 11.3. The van der Waals surface area contributed by atoms with E-state index in [1.807, 2.05) is 0 Å². The highest BCUT2D eigenvalue weighted by atomic mass is 32.2. The van der Waals surface area contributed by atoms with E-state index >= 15 is 0 Å². The lowest BCUT2D eigenvalue weighted by molar-refractivity contribution is -0.143. The summed E-state index contributed by atoms with van der Waals surface area (Å²) in [7, 11) is -3.21. The Kier molecular flexibility index (Phi) is 4.10. The zero-order chi connectivity index (χ0) is 11.5. The Balaban J connectivity index is 2.54. The van der Waals surface area contributed by atoms with Crippen molar-refractivity contribution in [3.63, 3.8) is 0 Å². The first-order valence-electron chi connectivity index (χ1n) is 5.17. The van der Waals surface area contributed by atoms with Crippen molar-refractivity contribution in [3.05, 3.63) is 0 Å². The molecule has 1 aliphatic carbocycles. The second-order valence-corrected chi connectivity index (χ2v) is 5.96. The third-order valence-corrected chi connectivity index (χ3v) is 4.20. The lowest BCUT2D eigenvalue weighted by atomic mass is 9.86. The quantitative estimate of drug-likeness (QED) is 0.746. The summed E-state index contributed by atoms with van der Waals surface area (Å²) in [5.74, 6) is -1.18. The average Bonchev–Trinajstić information content (AvgIpc) is 2.17. The van der Waals surface area contributed by atoms with E-state index in [1.54, 1.807) is 6.92 Å². The molecule has 15 heavy (non-hydrogen) atoms. The van der Waals surface area contributed by atoms with E-state index in [4.69, 9.17) is 5.11 Å². The molecule has 0 aliphatic heterocycles. The van der Waals surface area contributed by atoms with Crippen molar-refractivity contribution >= 4 is 16.0 Å². The van der Waals surface area contributed by atoms with Crippen molar-refractivity contribution in [3.8, 4) is 0 Å². The molecule has 0 aromatic heterocycles. The molecule has 0 heterocycles. The molecule has 0 radical (unpaired) electrons. The molecule has 2 atom stereocenters. The average molecular weight is 235 g/mol. The molecule has 0 amide bonds. The van der Waals surface area contributed by atoms with Crippen LogP contribution in [0, 0.1) is 5.92 Å². The Bertz CT molecular complexity index is 325. The first-order valence-corrected chi connectivity index (χ1v) is 6.82. The summed E-state index contributed by atoms with van der Waals surface area (Å²) in [5.41, 5.74) is 0. The minimum atomic E-state index is -3.21. The van der Waals surface area contributed by atoms with Crippen LogP contribution in [-0.4, -0.2) is 31.3 Å². The molecule has 5 nitrogen and oxygen atoms in total. The van der Waals surface area contributed by atoms with Gasteiger partial charge in [-0.3, -0.25) is 4.79 Å². The predicted octanol–water partition coefficient (Wildman–Crippen LogP) is 0.569. The maximum Gasteiger partial charge on any atom is 0.306 e. The van der Waals surface area contributed by atoms with Crippen LogP contribution in [0.3, 0.4) is 0 Å². The third-order valence-electron chi connectivity index (χ3n) is 2.75. The zero-order valence-corrected chi connectivity index (χ0v) is 9.59. The monoisotopic (exact) mass is 235 g/mol. The number of nitrogens with one attached hydrogen (secondary N) is 1. The van der Waals surface area contributed by atoms with E-state index in [0.717, 1.165) is 12.8 Å². The van der Waals surface area contributed by atoms with Crippen molar-refractivity contribution in [2.75, 3.05) is 5.75 Å². The van der Waals surface area contributed by atoms with E-state index in [0.29, 0.717) is 12.8 Å². The number of rotatable bonds is 4. The lowest BCUT2D eigenvalue weighted by Gasteiger charge is -2.26. The van der Waals surface area contributed by atoms with Gasteiger partial charge in [-0.25, -0.2) is 13.1 Å². The summed E-state index contributed by atoms with van der Waals surface area (Å²) in [6.07, 6.45) is 2.57. The number of carboxylic acids is 1. The number of aliphatic carboxylic acids is 1. The first-order chi connectivity index (χ1) is 6.94. The van der Waals surface area contributed by atoms with Gasteiger partial charge >= 0.3 is 5.97 Å². The van der Waals surface area contributed by atoms with Crippen LogP contribution in [0.4, 0.5) is 0 Å². The smallest absolute Gasteiger partial charge is 0.306 e. The molecule has 0 saturated heterocycles. The van der Waals surface area contributed by atoms with Crippen molar-refractivity contribution in [2.45, 2.75) is 38.6 Å². The fourth-order valence-corrected chi connectivity index (χ4v) is 2.75. The zero-order valence-electron chi connectivity index (χ0n) is 8.77. The number of sulfonamides is 1. The minimum absolute atomic E-state index is 0.0429. The standard InChI is InChI=1S/C9H17NO4S/c1-2-15(13,14)10-8-5-3-4-7(6-8)9(11)12/h7-8,10H,2-6H2,1H3,(H,11,12). The normalized spacial score (nSPS) is 27.5. The Hall–Kier alpha value is -0.620. The van der Waals surface area contributed by atoms with Crippen LogP contribution in [0.25, 0.3) is 0 Å². The van der Waals surface area contributed by atoms with E-state index < -0.39 is 21.9 Å². The molecule has 1 rings (SSSR count). The van der Waals surface area contributed by atoms with Crippen molar-refractivity contribution in [1.29, 1.82) is 0 Å². The van der Waals surface area contributed by atoms with Gasteiger partial charge in [0.2, 0.25) is 10.0 Å². The molecule has 0 bridgehead atoms. The summed E-state index contributed by atoms with van der Waals surface area (Å²) < 4.78 is 25.1. The van der Waals surface area contributed by atoms with Gasteiger partial charge in [0, 0.05) is 6.04 Å². The van der Waals surface area contributed by atoms with Gasteiger partial charge in [0.15, 0.2) is 0 Å². The molecule has 2 N–H and O–H groups in total. The molecule has 2 unspecified atom stereocenters. The molecule has 6 heteroatoms. The Labute approximate surface area is 89.9 Å². The van der Waals surface area contributed by atoms with Crippen LogP contribution in [0.5, 0.6) is 0 Å². The van der Waals surface area contributed by atoms with Gasteiger partial charge in [0.1, 0.15) is 0 Å². The van der Waals surface area contributed by atoms with E-state index in [1.165, 1.54) is 0 Å². The second-order valence-electron chi connectivity index (χ2n) is 3.92. The van der Waals surface area contributed by atoms with Gasteiger partial charge in [-0.1, -0.05) is 6.42 Å². The van der Waals surface area contributed by atoms with Crippen LogP contribution < -0.4 is 4.72 Å². The topological polar surface area (TPSA) is 83.5 Å². The van der Waals surface area contributed by atoms with Crippen LogP contribution in [0.15, 0.2) is 0 Å². The summed E-state index contributed by atoms with van der Waals surface area (Å²) in [6.45, 7) is 1.57. The number of carboxylic acid groups (broad SMARTS) is 1. The van der Waals surface area contributed by atoms with Crippen LogP contribution in [-0.2, 0) is 14.8 Å². The number of hydrogen-bond donors (Lipinski definition) is 2. The largest absolute Gasteiger partial charge is 0.481 e. The summed E-state index contributed by atoms with van der Waals surface area (Å²) in [5, 5.41) is 8.83. The van der Waals surface area contributed by atoms with Gasteiger partial charge in [-0.2, -0.15) is 0 Å². The van der Waals surface area contributed by atoms with Crippen molar-refractivity contribution in [1.82, 2.24) is 4.72 Å². The molecule has 88 valence electrons. The predicted molar refractivity (Wildman–Crippen MR) is 56.0 cm³/mol. The number of hydrogen-bond acceptors (Lipinski definition) is 3. The molecule has 0 aromatic carbocycles. The fraction of sp³-hybridized carbons (Fsp3) is 0.889. The first kappa shape index (κ1) is 12.4. The van der Waals surface area contributed by atoms with E-state index in [2.05, 4.69) is 4.72 Å². The summed E-state index contributed by atoms with van der Waals surface area (Å²) in [6, 6.07) is -0.204. The Morgan fingerprint density at radius 2 is 2.13 bits per heavy atom. The van der Waals surface area contributed by atoms with E-state index in [-0.39, 0.29) is 11.8 Å². The minimum Gasteiger partial charge on any atom is -0.481 e. The highest BCUT2D eigenvalue weighted by Crippen LogP contribution is 2.24. The summed E-state index contributed by atoms with van der Waals surface area (Å²) in [4.78, 5) is 10.8. The van der Waals surface area contributed by atoms with Crippen LogP contribution >= 0.6 is 0 Å². The summed E-state index contributed by atoms with van der Waals surface area (Å²) >= 11 is 0. The number of carbonyl (C=O) groups is 1. The Morgan fingerprint density at radius 1 is 1.47 bits per heavy atom. The van der Waals surface area contributed by atoms with Gasteiger partial charge < -0.3 is 5.11 Å². The van der Waals surface area contributed by atoms with Crippen LogP contribution in [0.1, 0.15) is 32.6 Å².